The van der Waals surface area contributed by atoms with Gasteiger partial charge in [-0.3, -0.25) is 4.98 Å². The number of quaternary nitrogens is 1. The number of amides is 2. The average molecular weight is 491 g/mol. The largest absolute Gasteiger partial charge is 0.417 e. The maximum absolute atomic E-state index is 14.5. The number of nitrogens with zero attached hydrogens (tertiary/aromatic N) is 3. The number of likely N-dealkylation sites (tertiary alicyclic amines) is 1. The predicted molar refractivity (Wildman–Crippen MR) is 126 cm³/mol. The summed E-state index contributed by atoms with van der Waals surface area (Å²) < 4.78 is 14.9. The number of H-pyrrole nitrogens is 1. The minimum absolute atomic E-state index is 0.0172. The highest BCUT2D eigenvalue weighted by Crippen LogP contribution is 2.51. The van der Waals surface area contributed by atoms with Gasteiger partial charge >= 0.3 is 11.7 Å². The lowest BCUT2D eigenvalue weighted by atomic mass is 9.71. The van der Waals surface area contributed by atoms with Crippen LogP contribution >= 0.6 is 11.6 Å². The van der Waals surface area contributed by atoms with E-state index in [2.05, 4.69) is 20.2 Å². The van der Waals surface area contributed by atoms with Crippen LogP contribution in [0, 0.1) is 11.2 Å². The van der Waals surface area contributed by atoms with E-state index >= 15 is 0 Å². The number of aromatic amines is 1. The first-order valence-corrected chi connectivity index (χ1v) is 12.2. The van der Waals surface area contributed by atoms with Crippen LogP contribution < -0.4 is 15.9 Å². The third kappa shape index (κ3) is 4.21. The average Bonchev–Trinajstić information content (AvgIpc) is 3.62. The lowest BCUT2D eigenvalue weighted by molar-refractivity contribution is -0.923. The van der Waals surface area contributed by atoms with Crippen molar-refractivity contribution in [1.82, 2.24) is 15.3 Å². The van der Waals surface area contributed by atoms with Crippen molar-refractivity contribution in [3.05, 3.63) is 56.8 Å². The molecule has 8 nitrogen and oxygen atoms in total. The van der Waals surface area contributed by atoms with Crippen LogP contribution in [-0.4, -0.2) is 57.8 Å². The van der Waals surface area contributed by atoms with Gasteiger partial charge in [0.05, 0.1) is 24.1 Å². The smallest absolute Gasteiger partial charge is 0.389 e. The summed E-state index contributed by atoms with van der Waals surface area (Å²) in [7, 11) is 0. The third-order valence-electron chi connectivity index (χ3n) is 7.59. The standard InChI is InChI=1S/C24H29ClFN5O3/c1-15(32)18-9-16(20(26)10-19(18)25)11-28-23(34)31(17-3-4-17)13-24(14-31)6-2-8-30(12-24)21-5-7-27-22(33)29-21/h5,7,9-10,15,17,32H,2-4,6,8,11-14H2,1H3,(H-,27,28,29,33,34)/p+1. The van der Waals surface area contributed by atoms with Crippen LogP contribution in [0.4, 0.5) is 15.0 Å². The molecular formula is C24H30ClFN5O3+. The molecule has 5 rings (SSSR count). The molecule has 3 aliphatic rings. The van der Waals surface area contributed by atoms with Crippen molar-refractivity contribution in [2.45, 2.75) is 51.3 Å². The fourth-order valence-corrected chi connectivity index (χ4v) is 6.21. The fourth-order valence-electron chi connectivity index (χ4n) is 5.90. The number of urea groups is 1. The first kappa shape index (κ1) is 23.3. The third-order valence-corrected chi connectivity index (χ3v) is 7.92. The molecule has 2 amide bonds. The Hall–Kier alpha value is -2.49. The van der Waals surface area contributed by atoms with Crippen LogP contribution in [-0.2, 0) is 6.54 Å². The number of carbonyl (C=O) groups excluding carboxylic acids is 1. The molecule has 0 bridgehead atoms. The number of hydrogen-bond acceptors (Lipinski definition) is 5. The monoisotopic (exact) mass is 490 g/mol. The highest BCUT2D eigenvalue weighted by atomic mass is 35.5. The fraction of sp³-hybridized carbons (Fsp3) is 0.542. The molecule has 10 heteroatoms. The Morgan fingerprint density at radius 3 is 2.88 bits per heavy atom. The molecule has 2 saturated heterocycles. The number of aliphatic hydroxyl groups is 1. The molecular weight excluding hydrogens is 461 g/mol. The van der Waals surface area contributed by atoms with E-state index in [1.54, 1.807) is 6.92 Å². The summed E-state index contributed by atoms with van der Waals surface area (Å²) in [5.74, 6) is 0.272. The van der Waals surface area contributed by atoms with Gasteiger partial charge in [0.15, 0.2) is 0 Å². The Bertz CT molecular complexity index is 1160. The number of carbonyl (C=O) groups is 1. The summed E-state index contributed by atoms with van der Waals surface area (Å²) in [5, 5.41) is 13.0. The molecule has 1 saturated carbocycles. The van der Waals surface area contributed by atoms with Gasteiger partial charge in [0.1, 0.15) is 24.7 Å². The highest BCUT2D eigenvalue weighted by Gasteiger charge is 2.66. The molecule has 0 radical (unpaired) electrons. The van der Waals surface area contributed by atoms with Crippen LogP contribution in [0.1, 0.15) is 49.8 Å². The number of benzene rings is 1. The summed E-state index contributed by atoms with van der Waals surface area (Å²) in [5.41, 5.74) is 0.408. The molecule has 1 unspecified atom stereocenters. The minimum atomic E-state index is -0.827. The maximum atomic E-state index is 14.5. The van der Waals surface area contributed by atoms with Gasteiger partial charge in [-0.15, -0.1) is 0 Å². The van der Waals surface area contributed by atoms with Gasteiger partial charge in [-0.25, -0.2) is 23.4 Å². The van der Waals surface area contributed by atoms with E-state index in [1.807, 2.05) is 6.07 Å². The normalized spacial score (nSPS) is 27.4. The molecule has 3 heterocycles. The van der Waals surface area contributed by atoms with E-state index in [-0.39, 0.29) is 28.7 Å². The van der Waals surface area contributed by atoms with E-state index < -0.39 is 11.9 Å². The van der Waals surface area contributed by atoms with Crippen molar-refractivity contribution in [3.63, 3.8) is 0 Å². The number of hydrogen-bond donors (Lipinski definition) is 3. The molecule has 1 aromatic carbocycles. The van der Waals surface area contributed by atoms with E-state index in [4.69, 9.17) is 11.6 Å². The summed E-state index contributed by atoms with van der Waals surface area (Å²) in [6, 6.07) is 4.77. The zero-order valence-corrected chi connectivity index (χ0v) is 19.9. The Balaban J connectivity index is 1.28. The molecule has 3 fully saturated rings. The Morgan fingerprint density at radius 1 is 1.44 bits per heavy atom. The number of halogens is 2. The lowest BCUT2D eigenvalue weighted by Gasteiger charge is -2.58. The van der Waals surface area contributed by atoms with Crippen LogP contribution in [0.5, 0.6) is 0 Å². The number of aromatic nitrogens is 2. The Kier molecular flexibility index (Phi) is 5.90. The molecule has 1 atom stereocenters. The van der Waals surface area contributed by atoms with E-state index in [1.165, 1.54) is 18.3 Å². The molecule has 1 aromatic heterocycles. The zero-order valence-electron chi connectivity index (χ0n) is 19.2. The number of piperidine rings is 1. The topological polar surface area (TPSA) is 98.3 Å². The van der Waals surface area contributed by atoms with Gasteiger partial charge in [-0.1, -0.05) is 11.6 Å². The predicted octanol–water partition coefficient (Wildman–Crippen LogP) is 3.10. The minimum Gasteiger partial charge on any atom is -0.389 e. The van der Waals surface area contributed by atoms with Crippen LogP contribution in [0.25, 0.3) is 0 Å². The summed E-state index contributed by atoms with van der Waals surface area (Å²) >= 11 is 6.04. The highest BCUT2D eigenvalue weighted by molar-refractivity contribution is 6.31. The molecule has 1 spiro atoms. The molecule has 3 N–H and O–H groups in total. The van der Waals surface area contributed by atoms with Gasteiger partial charge in [-0.2, -0.15) is 0 Å². The quantitative estimate of drug-likeness (QED) is 0.559. The first-order valence-electron chi connectivity index (χ1n) is 11.8. The number of nitrogens with one attached hydrogen (secondary N) is 2. The Morgan fingerprint density at radius 2 is 2.21 bits per heavy atom. The van der Waals surface area contributed by atoms with Crippen molar-refractivity contribution in [3.8, 4) is 0 Å². The van der Waals surface area contributed by atoms with E-state index in [9.17, 15) is 19.1 Å². The number of anilines is 1. The molecule has 1 aliphatic carbocycles. The van der Waals surface area contributed by atoms with Crippen LogP contribution in [0.2, 0.25) is 5.02 Å². The molecule has 34 heavy (non-hydrogen) atoms. The first-order chi connectivity index (χ1) is 16.2. The Labute approximate surface area is 202 Å². The summed E-state index contributed by atoms with van der Waals surface area (Å²) in [6.07, 6.45) is 4.77. The van der Waals surface area contributed by atoms with Crippen molar-refractivity contribution < 1.29 is 18.8 Å². The molecule has 182 valence electrons. The number of rotatable bonds is 5. The molecule has 2 aromatic rings. The second-order valence-corrected chi connectivity index (χ2v) is 10.6. The van der Waals surface area contributed by atoms with Gasteiger partial charge in [0, 0.05) is 42.7 Å². The second-order valence-electron chi connectivity index (χ2n) is 10.2. The van der Waals surface area contributed by atoms with E-state index in [0.29, 0.717) is 21.7 Å². The summed E-state index contributed by atoms with van der Waals surface area (Å²) in [4.78, 5) is 33.8. The van der Waals surface area contributed by atoms with Crippen molar-refractivity contribution >= 4 is 23.4 Å². The zero-order chi connectivity index (χ0) is 24.1. The van der Waals surface area contributed by atoms with Crippen LogP contribution in [0.15, 0.2) is 29.2 Å². The van der Waals surface area contributed by atoms with Gasteiger partial charge in [0.25, 0.3) is 0 Å². The molecule has 2 aliphatic heterocycles. The van der Waals surface area contributed by atoms with Crippen molar-refractivity contribution in [2.24, 2.45) is 5.41 Å². The van der Waals surface area contributed by atoms with Crippen LogP contribution in [0.3, 0.4) is 0 Å². The lowest BCUT2D eigenvalue weighted by Crippen LogP contribution is -2.77. The van der Waals surface area contributed by atoms with Gasteiger partial charge < -0.3 is 15.3 Å². The SMILES string of the molecule is CC(O)c1cc(CNC(=O)[N+]2(C3CC3)CC3(CCCN(c4ccnc(=O)[nH]4)C3)C2)c(F)cc1Cl. The van der Waals surface area contributed by atoms with Crippen molar-refractivity contribution in [1.29, 1.82) is 0 Å². The van der Waals surface area contributed by atoms with Crippen molar-refractivity contribution in [2.75, 3.05) is 31.1 Å². The number of aliphatic hydroxyl groups excluding tert-OH is 1. The van der Waals surface area contributed by atoms with Gasteiger partial charge in [0.2, 0.25) is 0 Å². The maximum Gasteiger partial charge on any atom is 0.417 e. The van der Waals surface area contributed by atoms with Gasteiger partial charge in [-0.05, 0) is 43.5 Å². The summed E-state index contributed by atoms with van der Waals surface area (Å²) in [6.45, 7) is 4.76. The van der Waals surface area contributed by atoms with E-state index in [0.717, 1.165) is 57.7 Å². The second kappa shape index (κ2) is 8.62.